The van der Waals surface area contributed by atoms with Crippen molar-refractivity contribution in [3.63, 3.8) is 0 Å². The Morgan fingerprint density at radius 1 is 1.37 bits per heavy atom. The van der Waals surface area contributed by atoms with Crippen LogP contribution < -0.4 is 5.73 Å². The first-order valence-corrected chi connectivity index (χ1v) is 5.84. The van der Waals surface area contributed by atoms with Crippen molar-refractivity contribution in [1.82, 2.24) is 4.90 Å². The lowest BCUT2D eigenvalue weighted by Gasteiger charge is -2.10. The van der Waals surface area contributed by atoms with Crippen LogP contribution in [0.15, 0.2) is 18.2 Å². The molecular weight excluding hydrogens is 251 g/mol. The van der Waals surface area contributed by atoms with Gasteiger partial charge in [-0.25, -0.2) is 9.18 Å². The lowest BCUT2D eigenvalue weighted by atomic mass is 10.2. The van der Waals surface area contributed by atoms with Crippen LogP contribution in [0.1, 0.15) is 23.2 Å². The maximum absolute atomic E-state index is 13.0. The predicted octanol–water partition coefficient (Wildman–Crippen LogP) is 1.43. The van der Waals surface area contributed by atoms with Crippen LogP contribution in [-0.2, 0) is 9.53 Å². The van der Waals surface area contributed by atoms with E-state index in [1.165, 1.54) is 17.0 Å². The second kappa shape index (κ2) is 6.72. The molecule has 0 fully saturated rings. The number of ether oxygens (including phenoxy) is 1. The highest BCUT2D eigenvalue weighted by Crippen LogP contribution is 2.14. The van der Waals surface area contributed by atoms with Gasteiger partial charge in [-0.2, -0.15) is 0 Å². The average molecular weight is 268 g/mol. The summed E-state index contributed by atoms with van der Waals surface area (Å²) in [5.41, 5.74) is 5.72. The average Bonchev–Trinajstić information content (AvgIpc) is 2.36. The van der Waals surface area contributed by atoms with Gasteiger partial charge in [0.15, 0.2) is 0 Å². The first kappa shape index (κ1) is 14.9. The molecule has 0 unspecified atom stereocenters. The highest BCUT2D eigenvalue weighted by atomic mass is 19.1. The van der Waals surface area contributed by atoms with E-state index in [0.717, 1.165) is 6.07 Å². The number of amides is 1. The minimum atomic E-state index is -0.686. The molecule has 1 aromatic rings. The minimum Gasteiger partial charge on any atom is -0.462 e. The number of carbonyl (C=O) groups is 2. The Balaban J connectivity index is 2.44. The van der Waals surface area contributed by atoms with Gasteiger partial charge in [-0.15, -0.1) is 0 Å². The molecule has 5 nitrogen and oxygen atoms in total. The molecule has 104 valence electrons. The van der Waals surface area contributed by atoms with E-state index >= 15 is 0 Å². The Hall–Kier alpha value is -2.11. The number of esters is 1. The zero-order chi connectivity index (χ0) is 14.4. The normalized spacial score (nSPS) is 10.1. The summed E-state index contributed by atoms with van der Waals surface area (Å²) in [7, 11) is 3.31. The lowest BCUT2D eigenvalue weighted by molar-refractivity contribution is -0.128. The van der Waals surface area contributed by atoms with Crippen molar-refractivity contribution in [1.29, 1.82) is 0 Å². The van der Waals surface area contributed by atoms with Gasteiger partial charge in [0.2, 0.25) is 5.91 Å². The van der Waals surface area contributed by atoms with Gasteiger partial charge in [0.25, 0.3) is 0 Å². The number of benzene rings is 1. The Kier molecular flexibility index (Phi) is 5.29. The van der Waals surface area contributed by atoms with E-state index in [4.69, 9.17) is 10.5 Å². The summed E-state index contributed by atoms with van der Waals surface area (Å²) in [4.78, 5) is 24.4. The highest BCUT2D eigenvalue weighted by Gasteiger charge is 2.12. The molecule has 0 heterocycles. The van der Waals surface area contributed by atoms with Crippen LogP contribution in [-0.4, -0.2) is 37.5 Å². The number of halogens is 1. The third-order valence-electron chi connectivity index (χ3n) is 2.50. The molecule has 2 N–H and O–H groups in total. The van der Waals surface area contributed by atoms with Crippen LogP contribution in [0, 0.1) is 5.82 Å². The minimum absolute atomic E-state index is 0.000985. The summed E-state index contributed by atoms with van der Waals surface area (Å²) in [6.45, 7) is 0.0916. The summed E-state index contributed by atoms with van der Waals surface area (Å²) in [6, 6.07) is 3.51. The van der Waals surface area contributed by atoms with Gasteiger partial charge in [0.1, 0.15) is 5.82 Å². The monoisotopic (exact) mass is 268 g/mol. The van der Waals surface area contributed by atoms with Gasteiger partial charge in [0, 0.05) is 26.2 Å². The molecular formula is C13H17FN2O3. The van der Waals surface area contributed by atoms with E-state index in [2.05, 4.69) is 0 Å². The molecule has 0 aromatic heterocycles. The number of nitrogens with two attached hydrogens (primary N) is 1. The largest absolute Gasteiger partial charge is 0.462 e. The molecule has 1 amide bonds. The molecule has 0 bridgehead atoms. The summed E-state index contributed by atoms with van der Waals surface area (Å²) in [5.74, 6) is -1.28. The smallest absolute Gasteiger partial charge is 0.340 e. The van der Waals surface area contributed by atoms with Crippen LogP contribution in [0.3, 0.4) is 0 Å². The van der Waals surface area contributed by atoms with Crippen molar-refractivity contribution in [2.45, 2.75) is 12.8 Å². The predicted molar refractivity (Wildman–Crippen MR) is 69.0 cm³/mol. The van der Waals surface area contributed by atoms with Crippen molar-refractivity contribution in [2.75, 3.05) is 26.4 Å². The zero-order valence-electron chi connectivity index (χ0n) is 11.0. The summed E-state index contributed by atoms with van der Waals surface area (Å²) < 4.78 is 17.9. The van der Waals surface area contributed by atoms with Crippen LogP contribution in [0.2, 0.25) is 0 Å². The van der Waals surface area contributed by atoms with Crippen LogP contribution in [0.5, 0.6) is 0 Å². The summed E-state index contributed by atoms with van der Waals surface area (Å²) in [5, 5.41) is 0. The molecule has 0 aliphatic heterocycles. The van der Waals surface area contributed by atoms with Crippen molar-refractivity contribution < 1.29 is 18.7 Å². The maximum atomic E-state index is 13.0. The van der Waals surface area contributed by atoms with E-state index in [1.54, 1.807) is 14.1 Å². The molecule has 19 heavy (non-hydrogen) atoms. The van der Waals surface area contributed by atoms with E-state index in [0.29, 0.717) is 12.8 Å². The number of nitrogen functional groups attached to an aromatic ring is 1. The van der Waals surface area contributed by atoms with E-state index in [9.17, 15) is 14.0 Å². The standard InChI is InChI=1S/C13H17FN2O3/c1-16(2)12(17)4-3-7-19-13(18)10-8-9(14)5-6-11(10)15/h5-6,8H,3-4,7,15H2,1-2H3. The van der Waals surface area contributed by atoms with Gasteiger partial charge in [0.05, 0.1) is 12.2 Å². The quantitative estimate of drug-likeness (QED) is 0.498. The first-order chi connectivity index (χ1) is 8.91. The third kappa shape index (κ3) is 4.57. The lowest BCUT2D eigenvalue weighted by Crippen LogP contribution is -2.21. The fraction of sp³-hybridized carbons (Fsp3) is 0.385. The van der Waals surface area contributed by atoms with Crippen molar-refractivity contribution >= 4 is 17.6 Å². The molecule has 0 aliphatic carbocycles. The van der Waals surface area contributed by atoms with Crippen molar-refractivity contribution in [3.8, 4) is 0 Å². The van der Waals surface area contributed by atoms with Crippen molar-refractivity contribution in [3.05, 3.63) is 29.6 Å². The van der Waals surface area contributed by atoms with E-state index in [-0.39, 0.29) is 23.8 Å². The van der Waals surface area contributed by atoms with Gasteiger partial charge < -0.3 is 15.4 Å². The topological polar surface area (TPSA) is 72.6 Å². The fourth-order valence-corrected chi connectivity index (χ4v) is 1.39. The molecule has 0 saturated heterocycles. The van der Waals surface area contributed by atoms with Gasteiger partial charge in [-0.05, 0) is 24.6 Å². The number of rotatable bonds is 5. The van der Waals surface area contributed by atoms with Gasteiger partial charge in [-0.1, -0.05) is 0 Å². The Morgan fingerprint density at radius 2 is 2.05 bits per heavy atom. The van der Waals surface area contributed by atoms with Crippen LogP contribution in [0.4, 0.5) is 10.1 Å². The molecule has 0 atom stereocenters. The number of hydrogen-bond donors (Lipinski definition) is 1. The molecule has 1 aromatic carbocycles. The number of anilines is 1. The zero-order valence-corrected chi connectivity index (χ0v) is 11.0. The van der Waals surface area contributed by atoms with Crippen LogP contribution in [0.25, 0.3) is 0 Å². The SMILES string of the molecule is CN(C)C(=O)CCCOC(=O)c1cc(F)ccc1N. The molecule has 0 spiro atoms. The molecule has 0 saturated carbocycles. The molecule has 0 aliphatic rings. The number of nitrogens with zero attached hydrogens (tertiary/aromatic N) is 1. The van der Waals surface area contributed by atoms with Gasteiger partial charge in [-0.3, -0.25) is 4.79 Å². The van der Waals surface area contributed by atoms with Crippen LogP contribution >= 0.6 is 0 Å². The number of carbonyl (C=O) groups excluding carboxylic acids is 2. The Morgan fingerprint density at radius 3 is 2.68 bits per heavy atom. The van der Waals surface area contributed by atoms with Crippen molar-refractivity contribution in [2.24, 2.45) is 0 Å². The molecule has 0 radical (unpaired) electrons. The number of hydrogen-bond acceptors (Lipinski definition) is 4. The molecule has 6 heteroatoms. The maximum Gasteiger partial charge on any atom is 0.340 e. The first-order valence-electron chi connectivity index (χ1n) is 5.84. The second-order valence-corrected chi connectivity index (χ2v) is 4.26. The highest BCUT2D eigenvalue weighted by molar-refractivity contribution is 5.95. The molecule has 1 rings (SSSR count). The van der Waals surface area contributed by atoms with Gasteiger partial charge >= 0.3 is 5.97 Å². The van der Waals surface area contributed by atoms with E-state index < -0.39 is 11.8 Å². The Bertz CT molecular complexity index is 475. The third-order valence-corrected chi connectivity index (χ3v) is 2.50. The fourth-order valence-electron chi connectivity index (χ4n) is 1.39. The summed E-state index contributed by atoms with van der Waals surface area (Å²) >= 11 is 0. The summed E-state index contributed by atoms with van der Waals surface area (Å²) in [6.07, 6.45) is 0.705. The van der Waals surface area contributed by atoms with E-state index in [1.807, 2.05) is 0 Å². The Labute approximate surface area is 111 Å². The second-order valence-electron chi connectivity index (χ2n) is 4.26.